The molecule has 1 saturated heterocycles. The maximum absolute atomic E-state index is 12.2. The molecule has 1 aromatic heterocycles. The first kappa shape index (κ1) is 12.0. The third-order valence-corrected chi connectivity index (χ3v) is 3.26. The lowest BCUT2D eigenvalue weighted by atomic mass is 9.99. The highest BCUT2D eigenvalue weighted by molar-refractivity contribution is 5.92. The van der Waals surface area contributed by atoms with Crippen LogP contribution in [0.15, 0.2) is 6.07 Å². The van der Waals surface area contributed by atoms with E-state index in [1.54, 1.807) is 6.07 Å². The van der Waals surface area contributed by atoms with E-state index in [9.17, 15) is 4.79 Å². The Labute approximate surface area is 102 Å². The van der Waals surface area contributed by atoms with E-state index in [2.05, 4.69) is 16.9 Å². The van der Waals surface area contributed by atoms with Crippen LogP contribution >= 0.6 is 0 Å². The third kappa shape index (κ3) is 2.81. The van der Waals surface area contributed by atoms with Crippen LogP contribution in [0.2, 0.25) is 0 Å². The summed E-state index contributed by atoms with van der Waals surface area (Å²) in [4.78, 5) is 22.6. The fourth-order valence-electron chi connectivity index (χ4n) is 2.20. The molecule has 4 nitrogen and oxygen atoms in total. The van der Waals surface area contributed by atoms with E-state index >= 15 is 0 Å². The number of likely N-dealkylation sites (tertiary alicyclic amines) is 1. The minimum Gasteiger partial charge on any atom is -0.337 e. The van der Waals surface area contributed by atoms with Gasteiger partial charge in [-0.1, -0.05) is 6.92 Å². The average molecular weight is 233 g/mol. The minimum absolute atomic E-state index is 0.0468. The standard InChI is InChI=1S/C13H19N3O/c1-9-4-6-16(7-5-9)13(17)12-8-10(2)14-11(3)15-12/h8-9H,4-7H2,1-3H3. The topological polar surface area (TPSA) is 46.1 Å². The number of aryl methyl sites for hydroxylation is 2. The molecule has 0 aromatic carbocycles. The Morgan fingerprint density at radius 1 is 1.29 bits per heavy atom. The molecule has 0 bridgehead atoms. The minimum atomic E-state index is 0.0468. The zero-order valence-corrected chi connectivity index (χ0v) is 10.7. The second-order valence-corrected chi connectivity index (χ2v) is 4.92. The van der Waals surface area contributed by atoms with Gasteiger partial charge in [-0.2, -0.15) is 0 Å². The Kier molecular flexibility index (Phi) is 3.41. The molecule has 4 heteroatoms. The van der Waals surface area contributed by atoms with E-state index in [4.69, 9.17) is 0 Å². The highest BCUT2D eigenvalue weighted by Gasteiger charge is 2.22. The SMILES string of the molecule is Cc1cc(C(=O)N2CCC(C)CC2)nc(C)n1. The summed E-state index contributed by atoms with van der Waals surface area (Å²) in [7, 11) is 0. The molecule has 0 atom stereocenters. The summed E-state index contributed by atoms with van der Waals surface area (Å²) < 4.78 is 0. The van der Waals surface area contributed by atoms with E-state index in [1.165, 1.54) is 0 Å². The zero-order valence-electron chi connectivity index (χ0n) is 10.7. The lowest BCUT2D eigenvalue weighted by Crippen LogP contribution is -2.38. The summed E-state index contributed by atoms with van der Waals surface area (Å²) in [6, 6.07) is 1.77. The summed E-state index contributed by atoms with van der Waals surface area (Å²) in [6.45, 7) is 7.65. The van der Waals surface area contributed by atoms with E-state index in [0.29, 0.717) is 11.5 Å². The van der Waals surface area contributed by atoms with E-state index < -0.39 is 0 Å². The van der Waals surface area contributed by atoms with Crippen LogP contribution in [-0.4, -0.2) is 33.9 Å². The van der Waals surface area contributed by atoms with E-state index in [-0.39, 0.29) is 5.91 Å². The molecule has 0 spiro atoms. The Morgan fingerprint density at radius 2 is 1.94 bits per heavy atom. The molecular formula is C13H19N3O. The van der Waals surface area contributed by atoms with Crippen molar-refractivity contribution in [2.24, 2.45) is 5.92 Å². The molecule has 0 unspecified atom stereocenters. The molecule has 0 aliphatic carbocycles. The van der Waals surface area contributed by atoms with Gasteiger partial charge in [-0.25, -0.2) is 9.97 Å². The second kappa shape index (κ2) is 4.82. The van der Waals surface area contributed by atoms with Crippen LogP contribution in [0.4, 0.5) is 0 Å². The summed E-state index contributed by atoms with van der Waals surface area (Å²) in [5.41, 5.74) is 1.38. The monoisotopic (exact) mass is 233 g/mol. The fourth-order valence-corrected chi connectivity index (χ4v) is 2.20. The van der Waals surface area contributed by atoms with Gasteiger partial charge < -0.3 is 4.90 Å². The van der Waals surface area contributed by atoms with Gasteiger partial charge in [0.25, 0.3) is 5.91 Å². The molecule has 1 aromatic rings. The quantitative estimate of drug-likeness (QED) is 0.745. The first-order valence-electron chi connectivity index (χ1n) is 6.18. The fraction of sp³-hybridized carbons (Fsp3) is 0.615. The lowest BCUT2D eigenvalue weighted by molar-refractivity contribution is 0.0690. The number of aromatic nitrogens is 2. The van der Waals surface area contributed by atoms with Crippen molar-refractivity contribution in [3.05, 3.63) is 23.3 Å². The first-order valence-corrected chi connectivity index (χ1v) is 6.18. The highest BCUT2D eigenvalue weighted by Crippen LogP contribution is 2.17. The Morgan fingerprint density at radius 3 is 2.53 bits per heavy atom. The molecule has 1 aliphatic heterocycles. The van der Waals surface area contributed by atoms with Gasteiger partial charge in [0, 0.05) is 18.8 Å². The Bertz CT molecular complexity index is 402. The van der Waals surface area contributed by atoms with Gasteiger partial charge in [0.2, 0.25) is 0 Å². The number of carbonyl (C=O) groups excluding carboxylic acids is 1. The number of hydrogen-bond acceptors (Lipinski definition) is 3. The molecule has 17 heavy (non-hydrogen) atoms. The molecule has 1 aliphatic rings. The number of rotatable bonds is 1. The van der Waals surface area contributed by atoms with Crippen molar-refractivity contribution >= 4 is 5.91 Å². The van der Waals surface area contributed by atoms with Gasteiger partial charge in [-0.15, -0.1) is 0 Å². The molecule has 0 saturated carbocycles. The highest BCUT2D eigenvalue weighted by atomic mass is 16.2. The molecular weight excluding hydrogens is 214 g/mol. The van der Waals surface area contributed by atoms with Gasteiger partial charge in [0.15, 0.2) is 0 Å². The smallest absolute Gasteiger partial charge is 0.272 e. The van der Waals surface area contributed by atoms with Crippen LogP contribution < -0.4 is 0 Å². The molecule has 1 fully saturated rings. The first-order chi connectivity index (χ1) is 8.06. The number of carbonyl (C=O) groups is 1. The largest absolute Gasteiger partial charge is 0.337 e. The van der Waals surface area contributed by atoms with Crippen molar-refractivity contribution in [2.75, 3.05) is 13.1 Å². The number of hydrogen-bond donors (Lipinski definition) is 0. The third-order valence-electron chi connectivity index (χ3n) is 3.26. The van der Waals surface area contributed by atoms with Crippen LogP contribution in [0.25, 0.3) is 0 Å². The molecule has 92 valence electrons. The van der Waals surface area contributed by atoms with Crippen LogP contribution in [0, 0.1) is 19.8 Å². The molecule has 2 heterocycles. The molecule has 2 rings (SSSR count). The Balaban J connectivity index is 2.14. The van der Waals surface area contributed by atoms with Crippen LogP contribution in [0.5, 0.6) is 0 Å². The van der Waals surface area contributed by atoms with Crippen molar-refractivity contribution in [3.8, 4) is 0 Å². The average Bonchev–Trinajstić information content (AvgIpc) is 2.28. The molecule has 1 amide bonds. The lowest BCUT2D eigenvalue weighted by Gasteiger charge is -2.30. The number of amides is 1. The zero-order chi connectivity index (χ0) is 12.4. The van der Waals surface area contributed by atoms with Crippen LogP contribution in [0.1, 0.15) is 41.8 Å². The maximum Gasteiger partial charge on any atom is 0.272 e. The summed E-state index contributed by atoms with van der Waals surface area (Å²) >= 11 is 0. The van der Waals surface area contributed by atoms with Crippen molar-refractivity contribution in [1.82, 2.24) is 14.9 Å². The van der Waals surface area contributed by atoms with E-state index in [0.717, 1.165) is 37.5 Å². The van der Waals surface area contributed by atoms with Crippen molar-refractivity contribution in [3.63, 3.8) is 0 Å². The molecule has 0 N–H and O–H groups in total. The van der Waals surface area contributed by atoms with Gasteiger partial charge in [-0.3, -0.25) is 4.79 Å². The van der Waals surface area contributed by atoms with E-state index in [1.807, 2.05) is 18.7 Å². The number of nitrogens with zero attached hydrogens (tertiary/aromatic N) is 3. The number of piperidine rings is 1. The van der Waals surface area contributed by atoms with Crippen LogP contribution in [-0.2, 0) is 0 Å². The van der Waals surface area contributed by atoms with Gasteiger partial charge >= 0.3 is 0 Å². The normalized spacial score (nSPS) is 17.2. The predicted octanol–water partition coefficient (Wildman–Crippen LogP) is 1.97. The van der Waals surface area contributed by atoms with Gasteiger partial charge in [-0.05, 0) is 38.7 Å². The van der Waals surface area contributed by atoms with Gasteiger partial charge in [0.05, 0.1) is 0 Å². The van der Waals surface area contributed by atoms with Crippen molar-refractivity contribution < 1.29 is 4.79 Å². The Hall–Kier alpha value is -1.45. The summed E-state index contributed by atoms with van der Waals surface area (Å²) in [5, 5.41) is 0. The van der Waals surface area contributed by atoms with Crippen molar-refractivity contribution in [1.29, 1.82) is 0 Å². The summed E-state index contributed by atoms with van der Waals surface area (Å²) in [5.74, 6) is 1.44. The summed E-state index contributed by atoms with van der Waals surface area (Å²) in [6.07, 6.45) is 2.18. The second-order valence-electron chi connectivity index (χ2n) is 4.92. The predicted molar refractivity (Wildman–Crippen MR) is 65.8 cm³/mol. The van der Waals surface area contributed by atoms with Gasteiger partial charge in [0.1, 0.15) is 11.5 Å². The van der Waals surface area contributed by atoms with Crippen molar-refractivity contribution in [2.45, 2.75) is 33.6 Å². The van der Waals surface area contributed by atoms with Crippen LogP contribution in [0.3, 0.4) is 0 Å². The molecule has 0 radical (unpaired) electrons. The maximum atomic E-state index is 12.2.